The number of thiophene rings is 3. The third-order valence-corrected chi connectivity index (χ3v) is 26.0. The van der Waals surface area contributed by atoms with E-state index in [1.165, 1.54) is 91.6 Å². The smallest absolute Gasteiger partial charge is 0.280 e. The van der Waals surface area contributed by atoms with Gasteiger partial charge < -0.3 is 16.0 Å². The number of rotatable bonds is 12. The highest BCUT2D eigenvalue weighted by molar-refractivity contribution is 7.87. The lowest BCUT2D eigenvalue weighted by Crippen LogP contribution is -2.55. The van der Waals surface area contributed by atoms with E-state index in [9.17, 15) is 52.8 Å². The van der Waals surface area contributed by atoms with E-state index in [0.29, 0.717) is 29.7 Å². The molecule has 518 valence electrons. The summed E-state index contributed by atoms with van der Waals surface area (Å²) in [4.78, 5) is 43.1. The van der Waals surface area contributed by atoms with E-state index in [-0.39, 0.29) is 58.8 Å². The fraction of sp³-hybridized carbons (Fsp3) is 0.276. The van der Waals surface area contributed by atoms with Gasteiger partial charge in [0, 0.05) is 109 Å². The Bertz CT molecular complexity index is 4350. The SMILES string of the molecule is C.CN1C(C(=O)Nc2ccc(F)c(Cl)c2)CC(c2cc(Cl)c(-c3cnn(C)c3)s2)NS1(=O)=O.CN1[C@@H](C(=O)Nc2ccc(F)c(Cl)c2)C[C@@H](c2cc(Cl)c(-c3cnn(C)c3)s2)NS1(=O)=O.CN1[C@H](C(=O)Nc2ccc(F)c(Cl)c2)C[C@H](c2cc(Cl)c(-c3cnn(C)c3)s2)NS1(=O)=O. The lowest BCUT2D eigenvalue weighted by atomic mass is 10.1. The van der Waals surface area contributed by atoms with Crippen molar-refractivity contribution in [2.45, 2.75) is 62.9 Å². The number of nitrogens with one attached hydrogen (secondary N) is 6. The third-order valence-electron chi connectivity index (χ3n) is 15.2. The minimum Gasteiger partial charge on any atom is -0.325 e. The van der Waals surface area contributed by atoms with E-state index in [0.717, 1.165) is 62.4 Å². The van der Waals surface area contributed by atoms with E-state index >= 15 is 0 Å². The largest absolute Gasteiger partial charge is 0.325 e. The highest BCUT2D eigenvalue weighted by atomic mass is 35.5. The van der Waals surface area contributed by atoms with Crippen LogP contribution in [0.4, 0.5) is 30.2 Å². The van der Waals surface area contributed by atoms with Crippen molar-refractivity contribution in [1.29, 1.82) is 0 Å². The Morgan fingerprint density at radius 1 is 0.433 bits per heavy atom. The van der Waals surface area contributed by atoms with Crippen LogP contribution >= 0.6 is 104 Å². The molecule has 3 amide bonds. The average molecular weight is 1570 g/mol. The summed E-state index contributed by atoms with van der Waals surface area (Å²) in [6, 6.07) is 11.3. The van der Waals surface area contributed by atoms with Gasteiger partial charge in [-0.3, -0.25) is 28.4 Å². The molecule has 12 rings (SSSR count). The molecule has 0 saturated carbocycles. The topological polar surface area (TPSA) is 289 Å². The summed E-state index contributed by atoms with van der Waals surface area (Å²) in [5.74, 6) is -3.53. The maximum absolute atomic E-state index is 13.4. The van der Waals surface area contributed by atoms with Gasteiger partial charge in [0.05, 0.1) is 81.5 Å². The zero-order valence-electron chi connectivity index (χ0n) is 50.5. The summed E-state index contributed by atoms with van der Waals surface area (Å²) in [5.41, 5.74) is 3.23. The number of halogens is 9. The average Bonchev–Trinajstić information content (AvgIpc) is 1.77. The Kier molecular flexibility index (Phi) is 23.6. The minimum absolute atomic E-state index is 0. The van der Waals surface area contributed by atoms with E-state index in [4.69, 9.17) is 69.6 Å². The molecule has 9 aromatic rings. The Balaban J connectivity index is 0.000000170. The molecule has 0 radical (unpaired) electrons. The Hall–Kier alpha value is -6.06. The predicted molar refractivity (Wildman–Crippen MR) is 374 cm³/mol. The first-order valence-corrected chi connectivity index (χ1v) is 37.1. The number of carbonyl (C=O) groups is 3. The molecule has 3 aliphatic heterocycles. The molecule has 0 aliphatic carbocycles. The summed E-state index contributed by atoms with van der Waals surface area (Å²) in [6.45, 7) is 0. The number of benzene rings is 3. The minimum atomic E-state index is -3.94. The van der Waals surface area contributed by atoms with Crippen LogP contribution in [0.5, 0.6) is 0 Å². The molecule has 0 spiro atoms. The van der Waals surface area contributed by atoms with Crippen molar-refractivity contribution >= 4 is 169 Å². The van der Waals surface area contributed by atoms with Crippen LogP contribution < -0.4 is 30.1 Å². The van der Waals surface area contributed by atoms with Crippen molar-refractivity contribution in [2.24, 2.45) is 21.1 Å². The summed E-state index contributed by atoms with van der Waals surface area (Å²) in [6.07, 6.45) is 10.9. The Labute approximate surface area is 598 Å². The summed E-state index contributed by atoms with van der Waals surface area (Å²) < 4.78 is 132. The molecule has 3 fully saturated rings. The Morgan fingerprint density at radius 3 is 0.897 bits per heavy atom. The van der Waals surface area contributed by atoms with Crippen molar-refractivity contribution in [3.8, 4) is 31.3 Å². The third kappa shape index (κ3) is 17.2. The molecule has 9 heterocycles. The van der Waals surface area contributed by atoms with Crippen LogP contribution in [-0.4, -0.2) is 125 Å². The van der Waals surface area contributed by atoms with Gasteiger partial charge >= 0.3 is 0 Å². The van der Waals surface area contributed by atoms with Crippen LogP contribution in [0.2, 0.25) is 30.1 Å². The van der Waals surface area contributed by atoms with E-state index in [2.05, 4.69) is 45.4 Å². The van der Waals surface area contributed by atoms with Crippen molar-refractivity contribution in [3.05, 3.63) is 172 Å². The first-order chi connectivity index (χ1) is 45.1. The molecule has 97 heavy (non-hydrogen) atoms. The van der Waals surface area contributed by atoms with Gasteiger partial charge in [-0.05, 0) is 92.1 Å². The van der Waals surface area contributed by atoms with Gasteiger partial charge in [-0.1, -0.05) is 77.0 Å². The monoisotopic (exact) mass is 1570 g/mol. The molecule has 2 unspecified atom stereocenters. The molecular weight excluding hydrogens is 1510 g/mol. The zero-order chi connectivity index (χ0) is 69.6. The van der Waals surface area contributed by atoms with Crippen molar-refractivity contribution in [2.75, 3.05) is 37.1 Å². The fourth-order valence-corrected chi connectivity index (χ4v) is 19.2. The van der Waals surface area contributed by atoms with Crippen LogP contribution in [0, 0.1) is 17.5 Å². The summed E-state index contributed by atoms with van der Waals surface area (Å²) >= 11 is 40.5. The number of likely N-dealkylation sites (N-methyl/N-ethyl adjacent to an activating group) is 3. The molecule has 6 atom stereocenters. The molecule has 0 bridgehead atoms. The standard InChI is InChI=1S/3C19H18Cl2FN5O3S2.CH4/c3*1-26-9-10(8-23-26)18-13(21)6-17(31-18)15-7-16(27(2)32(29,30)25-15)19(28)24-11-3-4-14(22)12(20)5-11;/h3*3-6,8-9,15-16,25H,7H2,1-2H3,(H,24,28);1H4/t2*15-,16+;;/m10../s1. The van der Waals surface area contributed by atoms with Gasteiger partial charge in [-0.25, -0.2) is 13.2 Å². The van der Waals surface area contributed by atoms with Gasteiger partial charge in [-0.15, -0.1) is 34.0 Å². The van der Waals surface area contributed by atoms with Crippen LogP contribution in [-0.2, 0) is 66.2 Å². The number of aromatic nitrogens is 6. The normalized spacial score (nSPS) is 20.7. The molecule has 39 heteroatoms. The molecule has 6 N–H and O–H groups in total. The maximum atomic E-state index is 13.4. The van der Waals surface area contributed by atoms with Crippen molar-refractivity contribution in [3.63, 3.8) is 0 Å². The number of hydrogen-bond acceptors (Lipinski definition) is 15. The highest BCUT2D eigenvalue weighted by Gasteiger charge is 2.44. The number of carbonyl (C=O) groups excluding carboxylic acids is 3. The van der Waals surface area contributed by atoms with Gasteiger partial charge in [-0.2, -0.15) is 67.6 Å². The number of aryl methyl sites for hydroxylation is 3. The van der Waals surface area contributed by atoms with E-state index in [1.54, 1.807) is 72.0 Å². The highest BCUT2D eigenvalue weighted by Crippen LogP contribution is 2.45. The molecule has 3 aromatic carbocycles. The molecule has 24 nitrogen and oxygen atoms in total. The van der Waals surface area contributed by atoms with Crippen LogP contribution in [0.3, 0.4) is 0 Å². The Morgan fingerprint density at radius 2 is 0.680 bits per heavy atom. The van der Waals surface area contributed by atoms with Crippen LogP contribution in [0.25, 0.3) is 31.3 Å². The zero-order valence-corrected chi connectivity index (χ0v) is 60.0. The molecule has 3 aliphatic rings. The predicted octanol–water partition coefficient (Wildman–Crippen LogP) is 12.1. The number of nitrogens with zero attached hydrogens (tertiary/aromatic N) is 9. The number of hydrogen-bond donors (Lipinski definition) is 6. The van der Waals surface area contributed by atoms with E-state index < -0.39 is 102 Å². The first kappa shape index (κ1) is 75.1. The molecular formula is C58H58Cl6F3N15O9S6. The van der Waals surface area contributed by atoms with Crippen LogP contribution in [0.1, 0.15) is 59.4 Å². The van der Waals surface area contributed by atoms with Gasteiger partial charge in [0.1, 0.15) is 35.6 Å². The van der Waals surface area contributed by atoms with Crippen molar-refractivity contribution in [1.82, 2.24) is 56.4 Å². The number of anilines is 3. The maximum Gasteiger partial charge on any atom is 0.280 e. The van der Waals surface area contributed by atoms with Crippen molar-refractivity contribution < 1.29 is 52.8 Å². The van der Waals surface area contributed by atoms with Gasteiger partial charge in [0.2, 0.25) is 17.7 Å². The summed E-state index contributed by atoms with van der Waals surface area (Å²) in [7, 11) is -2.50. The number of amides is 3. The molecule has 3 saturated heterocycles. The first-order valence-electron chi connectivity index (χ1n) is 28.0. The second-order valence-corrected chi connectivity index (χ2v) is 32.8. The lowest BCUT2D eigenvalue weighted by molar-refractivity contribution is -0.120. The second kappa shape index (κ2) is 30.4. The van der Waals surface area contributed by atoms with Gasteiger partial charge in [0.25, 0.3) is 30.6 Å². The van der Waals surface area contributed by atoms with Gasteiger partial charge in [0.15, 0.2) is 0 Å². The lowest BCUT2D eigenvalue weighted by Gasteiger charge is -2.35. The fourth-order valence-electron chi connectivity index (χ4n) is 10.2. The van der Waals surface area contributed by atoms with Crippen LogP contribution in [0.15, 0.2) is 110 Å². The molecule has 6 aromatic heterocycles. The second-order valence-electron chi connectivity index (χ2n) is 21.9. The summed E-state index contributed by atoms with van der Waals surface area (Å²) in [5, 5.41) is 21.2. The quantitative estimate of drug-likeness (QED) is 0.0666. The van der Waals surface area contributed by atoms with E-state index in [1.807, 2.05) is 18.6 Å².